The Kier molecular flexibility index (Phi) is 5.72. The summed E-state index contributed by atoms with van der Waals surface area (Å²) in [4.78, 5) is 21.7. The minimum Gasteiger partial charge on any atom is -0.350 e. The van der Waals surface area contributed by atoms with Crippen LogP contribution in [0.4, 0.5) is 20.3 Å². The summed E-state index contributed by atoms with van der Waals surface area (Å²) in [6, 6.07) is 11.6. The number of aromatic nitrogens is 2. The number of halogens is 4. The third-order valence-electron chi connectivity index (χ3n) is 3.77. The topological polar surface area (TPSA) is 58.1 Å². The second-order valence-corrected chi connectivity index (χ2v) is 6.54. The van der Waals surface area contributed by atoms with Crippen LogP contribution in [0.25, 0.3) is 10.9 Å². The molecule has 0 atom stereocenters. The van der Waals surface area contributed by atoms with Gasteiger partial charge >= 0.3 is 0 Å². The Hall–Kier alpha value is -2.51. The third kappa shape index (κ3) is 4.26. The van der Waals surface area contributed by atoms with Gasteiger partial charge in [-0.05, 0) is 24.3 Å². The summed E-state index contributed by atoms with van der Waals surface area (Å²) in [7, 11) is 1.58. The summed E-state index contributed by atoms with van der Waals surface area (Å²) < 4.78 is 26.3. The maximum absolute atomic E-state index is 13.1. The van der Waals surface area contributed by atoms with Crippen LogP contribution in [-0.2, 0) is 4.79 Å². The molecule has 1 amide bonds. The molecule has 0 fully saturated rings. The number of alkyl halides is 2. The molecule has 0 aliphatic rings. The third-order valence-corrected chi connectivity index (χ3v) is 4.40. The number of anilines is 2. The number of hydrogen-bond donors (Lipinski definition) is 1. The number of para-hydroxylation sites is 2. The number of fused-ring (bicyclic) bond motifs is 1. The van der Waals surface area contributed by atoms with Crippen LogP contribution < -0.4 is 10.2 Å². The molecule has 1 heterocycles. The minimum absolute atomic E-state index is 0.148. The number of carbonyl (C=O) groups excluding carboxylic acids is 1. The first-order chi connectivity index (χ1) is 12.9. The Labute approximate surface area is 163 Å². The van der Waals surface area contributed by atoms with Gasteiger partial charge in [0.05, 0.1) is 27.8 Å². The maximum Gasteiger partial charge on any atom is 0.297 e. The van der Waals surface area contributed by atoms with Gasteiger partial charge < -0.3 is 10.2 Å². The Morgan fingerprint density at radius 3 is 2.44 bits per heavy atom. The van der Waals surface area contributed by atoms with E-state index in [2.05, 4.69) is 15.3 Å². The molecule has 3 rings (SSSR count). The van der Waals surface area contributed by atoms with Crippen molar-refractivity contribution in [2.24, 2.45) is 0 Å². The fourth-order valence-corrected chi connectivity index (χ4v) is 3.04. The largest absolute Gasteiger partial charge is 0.350 e. The van der Waals surface area contributed by atoms with Crippen LogP contribution >= 0.6 is 23.2 Å². The lowest BCUT2D eigenvalue weighted by molar-refractivity contribution is -0.114. The van der Waals surface area contributed by atoms with Crippen LogP contribution in [0.2, 0.25) is 10.0 Å². The van der Waals surface area contributed by atoms with Crippen LogP contribution in [0.3, 0.4) is 0 Å². The van der Waals surface area contributed by atoms with E-state index in [-0.39, 0.29) is 12.4 Å². The van der Waals surface area contributed by atoms with E-state index in [1.807, 2.05) is 0 Å². The molecule has 0 bridgehead atoms. The van der Waals surface area contributed by atoms with E-state index in [4.69, 9.17) is 23.2 Å². The minimum atomic E-state index is -2.82. The lowest BCUT2D eigenvalue weighted by Gasteiger charge is -2.20. The molecule has 0 saturated carbocycles. The summed E-state index contributed by atoms with van der Waals surface area (Å²) >= 11 is 12.1. The number of amides is 1. The van der Waals surface area contributed by atoms with Gasteiger partial charge in [-0.3, -0.25) is 4.79 Å². The monoisotopic (exact) mass is 410 g/mol. The SMILES string of the molecule is CN(CC(=O)Nc1c(Cl)cccc1Cl)c1nc(C(F)F)nc2ccccc12. The second-order valence-electron chi connectivity index (χ2n) is 5.72. The molecule has 3 aromatic rings. The molecule has 0 aliphatic heterocycles. The Balaban J connectivity index is 1.87. The lowest BCUT2D eigenvalue weighted by Crippen LogP contribution is -2.31. The van der Waals surface area contributed by atoms with Crippen molar-refractivity contribution in [2.75, 3.05) is 23.8 Å². The second kappa shape index (κ2) is 8.02. The van der Waals surface area contributed by atoms with Crippen molar-refractivity contribution < 1.29 is 13.6 Å². The van der Waals surface area contributed by atoms with E-state index >= 15 is 0 Å². The highest BCUT2D eigenvalue weighted by Gasteiger charge is 2.19. The molecule has 1 N–H and O–H groups in total. The van der Waals surface area contributed by atoms with E-state index < -0.39 is 18.2 Å². The van der Waals surface area contributed by atoms with E-state index in [1.54, 1.807) is 49.5 Å². The zero-order valence-corrected chi connectivity index (χ0v) is 15.6. The molecule has 27 heavy (non-hydrogen) atoms. The first-order valence-electron chi connectivity index (χ1n) is 7.86. The van der Waals surface area contributed by atoms with Gasteiger partial charge in [0.15, 0.2) is 5.82 Å². The van der Waals surface area contributed by atoms with Gasteiger partial charge in [0.1, 0.15) is 5.82 Å². The normalized spacial score (nSPS) is 11.0. The van der Waals surface area contributed by atoms with Crippen LogP contribution in [0.1, 0.15) is 12.2 Å². The van der Waals surface area contributed by atoms with Crippen molar-refractivity contribution in [2.45, 2.75) is 6.43 Å². The first-order valence-corrected chi connectivity index (χ1v) is 8.62. The molecule has 0 radical (unpaired) electrons. The fourth-order valence-electron chi connectivity index (χ4n) is 2.55. The zero-order chi connectivity index (χ0) is 19.6. The molecule has 0 saturated heterocycles. The number of hydrogen-bond acceptors (Lipinski definition) is 4. The molecule has 2 aromatic carbocycles. The summed E-state index contributed by atoms with van der Waals surface area (Å²) in [5, 5.41) is 3.79. The quantitative estimate of drug-likeness (QED) is 0.646. The van der Waals surface area contributed by atoms with Crippen molar-refractivity contribution in [1.29, 1.82) is 0 Å². The average molecular weight is 411 g/mol. The molecule has 0 aliphatic carbocycles. The van der Waals surface area contributed by atoms with Crippen molar-refractivity contribution in [3.63, 3.8) is 0 Å². The number of nitrogens with one attached hydrogen (secondary N) is 1. The number of likely N-dealkylation sites (N-methyl/N-ethyl adjacent to an activating group) is 1. The van der Waals surface area contributed by atoms with Crippen molar-refractivity contribution in [3.8, 4) is 0 Å². The van der Waals surface area contributed by atoms with Crippen LogP contribution in [-0.4, -0.2) is 29.5 Å². The van der Waals surface area contributed by atoms with Crippen LogP contribution in [0.15, 0.2) is 42.5 Å². The van der Waals surface area contributed by atoms with E-state index in [9.17, 15) is 13.6 Å². The van der Waals surface area contributed by atoms with Crippen molar-refractivity contribution in [3.05, 3.63) is 58.3 Å². The summed E-state index contributed by atoms with van der Waals surface area (Å²) in [5.74, 6) is -0.782. The summed E-state index contributed by atoms with van der Waals surface area (Å²) in [5.41, 5.74) is 0.666. The summed E-state index contributed by atoms with van der Waals surface area (Å²) in [6.07, 6.45) is -2.82. The predicted molar refractivity (Wildman–Crippen MR) is 103 cm³/mol. The smallest absolute Gasteiger partial charge is 0.297 e. The molecule has 0 unspecified atom stereocenters. The van der Waals surface area contributed by atoms with E-state index in [0.717, 1.165) is 0 Å². The number of benzene rings is 2. The van der Waals surface area contributed by atoms with Gasteiger partial charge in [0, 0.05) is 12.4 Å². The van der Waals surface area contributed by atoms with Gasteiger partial charge in [0.25, 0.3) is 6.43 Å². The highest BCUT2D eigenvalue weighted by Crippen LogP contribution is 2.30. The van der Waals surface area contributed by atoms with E-state index in [1.165, 1.54) is 4.90 Å². The van der Waals surface area contributed by atoms with Crippen molar-refractivity contribution in [1.82, 2.24) is 9.97 Å². The standard InChI is InChI=1S/C18H14Cl2F2N4O/c1-26(9-14(27)24-15-11(19)6-4-7-12(15)20)18-10-5-2-3-8-13(10)23-17(25-18)16(21)22/h2-8,16H,9H2,1H3,(H,24,27). The Bertz CT molecular complexity index is 980. The Morgan fingerprint density at radius 2 is 1.78 bits per heavy atom. The molecule has 1 aromatic heterocycles. The molecule has 140 valence electrons. The molecule has 5 nitrogen and oxygen atoms in total. The number of carbonyl (C=O) groups is 1. The van der Waals surface area contributed by atoms with Gasteiger partial charge in [-0.2, -0.15) is 0 Å². The average Bonchev–Trinajstić information content (AvgIpc) is 2.63. The molecule has 0 spiro atoms. The van der Waals surface area contributed by atoms with Gasteiger partial charge in [-0.1, -0.05) is 41.4 Å². The lowest BCUT2D eigenvalue weighted by atomic mass is 10.2. The highest BCUT2D eigenvalue weighted by molar-refractivity contribution is 6.39. The molecular formula is C18H14Cl2F2N4O. The van der Waals surface area contributed by atoms with Gasteiger partial charge in [-0.15, -0.1) is 0 Å². The number of nitrogens with zero attached hydrogens (tertiary/aromatic N) is 3. The Morgan fingerprint density at radius 1 is 1.11 bits per heavy atom. The van der Waals surface area contributed by atoms with Gasteiger partial charge in [-0.25, -0.2) is 18.7 Å². The highest BCUT2D eigenvalue weighted by atomic mass is 35.5. The predicted octanol–water partition coefficient (Wildman–Crippen LogP) is 4.95. The number of rotatable bonds is 5. The van der Waals surface area contributed by atoms with Crippen molar-refractivity contribution >= 4 is 51.5 Å². The zero-order valence-electron chi connectivity index (χ0n) is 14.1. The first kappa shape index (κ1) is 19.3. The molecule has 9 heteroatoms. The van der Waals surface area contributed by atoms with E-state index in [0.29, 0.717) is 26.6 Å². The van der Waals surface area contributed by atoms with Crippen LogP contribution in [0, 0.1) is 0 Å². The van der Waals surface area contributed by atoms with Gasteiger partial charge in [0.2, 0.25) is 5.91 Å². The fraction of sp³-hybridized carbons (Fsp3) is 0.167. The maximum atomic E-state index is 13.1. The molecular weight excluding hydrogens is 397 g/mol. The van der Waals surface area contributed by atoms with Crippen LogP contribution in [0.5, 0.6) is 0 Å². The summed E-state index contributed by atoms with van der Waals surface area (Å²) in [6.45, 7) is -0.148.